The third-order valence-electron chi connectivity index (χ3n) is 5.15. The number of likely N-dealkylation sites (tertiary alicyclic amines) is 1. The summed E-state index contributed by atoms with van der Waals surface area (Å²) >= 11 is 1.51. The molecule has 1 aliphatic heterocycles. The molecule has 5 heteroatoms. The van der Waals surface area contributed by atoms with E-state index in [1.807, 2.05) is 5.38 Å². The summed E-state index contributed by atoms with van der Waals surface area (Å²) in [6.45, 7) is 2.31. The largest absolute Gasteiger partial charge is 0.378 e. The number of aromatic nitrogens is 1. The Morgan fingerprint density at radius 3 is 2.73 bits per heavy atom. The summed E-state index contributed by atoms with van der Waals surface area (Å²) in [5, 5.41) is 2.76. The van der Waals surface area contributed by atoms with Crippen molar-refractivity contribution in [3.8, 4) is 0 Å². The molecule has 0 N–H and O–H groups in total. The Balaban J connectivity index is 1.68. The van der Waals surface area contributed by atoms with Crippen molar-refractivity contribution in [1.29, 1.82) is 0 Å². The third-order valence-corrected chi connectivity index (χ3v) is 5.97. The summed E-state index contributed by atoms with van der Waals surface area (Å²) in [4.78, 5) is 19.2. The van der Waals surface area contributed by atoms with Crippen LogP contribution in [-0.4, -0.2) is 36.0 Å². The van der Waals surface area contributed by atoms with Crippen LogP contribution in [0.3, 0.4) is 0 Å². The van der Waals surface area contributed by atoms with Crippen LogP contribution in [0.5, 0.6) is 0 Å². The number of amides is 1. The zero-order valence-corrected chi connectivity index (χ0v) is 14.3. The number of piperidine rings is 1. The summed E-state index contributed by atoms with van der Waals surface area (Å²) in [5.74, 6) is 0.113. The Morgan fingerprint density at radius 1 is 1.27 bits per heavy atom. The number of thiazole rings is 1. The predicted octanol–water partition coefficient (Wildman–Crippen LogP) is 3.87. The van der Waals surface area contributed by atoms with Crippen molar-refractivity contribution in [2.75, 3.05) is 20.2 Å². The SMILES string of the molecule is COCc1nc(C(=O)N2CCCC3(CCCCCC3)C2)cs1. The third kappa shape index (κ3) is 3.51. The molecule has 0 unspecified atom stereocenters. The Labute approximate surface area is 136 Å². The van der Waals surface area contributed by atoms with E-state index in [4.69, 9.17) is 4.74 Å². The van der Waals surface area contributed by atoms with Crippen LogP contribution in [0.1, 0.15) is 66.9 Å². The highest BCUT2D eigenvalue weighted by Crippen LogP contribution is 2.42. The second-order valence-corrected chi connectivity index (χ2v) is 7.75. The molecule has 2 fully saturated rings. The number of rotatable bonds is 3. The lowest BCUT2D eigenvalue weighted by molar-refractivity contribution is 0.0460. The number of hydrogen-bond acceptors (Lipinski definition) is 4. The number of ether oxygens (including phenoxy) is 1. The maximum Gasteiger partial charge on any atom is 0.273 e. The van der Waals surface area contributed by atoms with Gasteiger partial charge in [0.05, 0.1) is 6.61 Å². The van der Waals surface area contributed by atoms with Gasteiger partial charge in [0, 0.05) is 25.6 Å². The fourth-order valence-electron chi connectivity index (χ4n) is 4.03. The summed E-state index contributed by atoms with van der Waals surface area (Å²) in [6, 6.07) is 0. The maximum absolute atomic E-state index is 12.8. The number of carbonyl (C=O) groups is 1. The predicted molar refractivity (Wildman–Crippen MR) is 88.1 cm³/mol. The lowest BCUT2D eigenvalue weighted by atomic mass is 9.74. The van der Waals surface area contributed by atoms with Crippen molar-refractivity contribution < 1.29 is 9.53 Å². The lowest BCUT2D eigenvalue weighted by Gasteiger charge is -2.42. The number of carbonyl (C=O) groups excluding carboxylic acids is 1. The first kappa shape index (κ1) is 15.9. The van der Waals surface area contributed by atoms with E-state index >= 15 is 0 Å². The molecule has 1 aromatic rings. The van der Waals surface area contributed by atoms with Crippen molar-refractivity contribution in [3.63, 3.8) is 0 Å². The molecule has 1 saturated carbocycles. The zero-order valence-electron chi connectivity index (χ0n) is 13.5. The average Bonchev–Trinajstić information content (AvgIpc) is 2.88. The van der Waals surface area contributed by atoms with Crippen molar-refractivity contribution in [3.05, 3.63) is 16.1 Å². The quantitative estimate of drug-likeness (QED) is 0.848. The minimum absolute atomic E-state index is 0.113. The normalized spacial score (nSPS) is 21.8. The average molecular weight is 322 g/mol. The van der Waals surface area contributed by atoms with Crippen LogP contribution >= 0.6 is 11.3 Å². The first-order chi connectivity index (χ1) is 10.7. The van der Waals surface area contributed by atoms with Crippen LogP contribution in [0.25, 0.3) is 0 Å². The van der Waals surface area contributed by atoms with Crippen molar-refractivity contribution >= 4 is 17.2 Å². The fourth-order valence-corrected chi connectivity index (χ4v) is 4.77. The highest BCUT2D eigenvalue weighted by Gasteiger charge is 2.37. The minimum atomic E-state index is 0.113. The molecule has 1 amide bonds. The molecular formula is C17H26N2O2S. The van der Waals surface area contributed by atoms with Gasteiger partial charge in [0.15, 0.2) is 0 Å². The van der Waals surface area contributed by atoms with Gasteiger partial charge in [0.25, 0.3) is 5.91 Å². The summed E-state index contributed by atoms with van der Waals surface area (Å²) in [5.41, 5.74) is 0.984. The van der Waals surface area contributed by atoms with E-state index in [2.05, 4.69) is 9.88 Å². The molecule has 4 nitrogen and oxygen atoms in total. The first-order valence-electron chi connectivity index (χ1n) is 8.45. The topological polar surface area (TPSA) is 42.4 Å². The van der Waals surface area contributed by atoms with Crippen molar-refractivity contribution in [2.24, 2.45) is 5.41 Å². The Hall–Kier alpha value is -0.940. The molecule has 0 atom stereocenters. The Bertz CT molecular complexity index is 507. The monoisotopic (exact) mass is 322 g/mol. The summed E-state index contributed by atoms with van der Waals surface area (Å²) in [6.07, 6.45) is 10.4. The molecule has 122 valence electrons. The van der Waals surface area contributed by atoms with E-state index in [9.17, 15) is 4.79 Å². The molecule has 2 aliphatic rings. The number of methoxy groups -OCH3 is 1. The fraction of sp³-hybridized carbons (Fsp3) is 0.765. The molecule has 0 radical (unpaired) electrons. The van der Waals surface area contributed by atoms with E-state index < -0.39 is 0 Å². The number of hydrogen-bond donors (Lipinski definition) is 0. The molecule has 2 heterocycles. The minimum Gasteiger partial charge on any atom is -0.378 e. The van der Waals surface area contributed by atoms with Gasteiger partial charge in [0.1, 0.15) is 10.7 Å². The second-order valence-electron chi connectivity index (χ2n) is 6.80. The Morgan fingerprint density at radius 2 is 2.00 bits per heavy atom. The second kappa shape index (κ2) is 7.09. The lowest BCUT2D eigenvalue weighted by Crippen LogP contribution is -2.46. The van der Waals surface area contributed by atoms with Crippen LogP contribution in [0.4, 0.5) is 0 Å². The van der Waals surface area contributed by atoms with E-state index in [0.717, 1.165) is 24.5 Å². The highest BCUT2D eigenvalue weighted by molar-refractivity contribution is 7.09. The molecule has 0 bridgehead atoms. The van der Waals surface area contributed by atoms with Gasteiger partial charge in [-0.1, -0.05) is 25.7 Å². The van der Waals surface area contributed by atoms with Gasteiger partial charge in [0.2, 0.25) is 0 Å². The maximum atomic E-state index is 12.8. The van der Waals surface area contributed by atoms with Gasteiger partial charge in [-0.05, 0) is 31.1 Å². The van der Waals surface area contributed by atoms with Crippen LogP contribution < -0.4 is 0 Å². The standard InChI is InChI=1S/C17H26N2O2S/c1-21-11-15-18-14(12-22-15)16(20)19-10-6-9-17(13-19)7-4-2-3-5-8-17/h12H,2-11,13H2,1H3. The molecular weight excluding hydrogens is 296 g/mol. The van der Waals surface area contributed by atoms with Crippen LogP contribution in [0, 0.1) is 5.41 Å². The molecule has 0 aromatic carbocycles. The zero-order chi connectivity index (χ0) is 15.4. The first-order valence-corrected chi connectivity index (χ1v) is 9.33. The van der Waals surface area contributed by atoms with E-state index in [0.29, 0.717) is 17.7 Å². The van der Waals surface area contributed by atoms with E-state index in [1.165, 1.54) is 56.3 Å². The van der Waals surface area contributed by atoms with Gasteiger partial charge < -0.3 is 9.64 Å². The van der Waals surface area contributed by atoms with Gasteiger partial charge in [-0.3, -0.25) is 4.79 Å². The van der Waals surface area contributed by atoms with Crippen LogP contribution in [0.15, 0.2) is 5.38 Å². The van der Waals surface area contributed by atoms with E-state index in [-0.39, 0.29) is 5.91 Å². The molecule has 1 aromatic heterocycles. The summed E-state index contributed by atoms with van der Waals surface area (Å²) < 4.78 is 5.09. The summed E-state index contributed by atoms with van der Waals surface area (Å²) in [7, 11) is 1.66. The molecule has 1 saturated heterocycles. The number of nitrogens with zero attached hydrogens (tertiary/aromatic N) is 2. The van der Waals surface area contributed by atoms with Gasteiger partial charge in [-0.25, -0.2) is 4.98 Å². The van der Waals surface area contributed by atoms with Gasteiger partial charge >= 0.3 is 0 Å². The molecule has 1 aliphatic carbocycles. The highest BCUT2D eigenvalue weighted by atomic mass is 32.1. The van der Waals surface area contributed by atoms with Crippen molar-refractivity contribution in [2.45, 2.75) is 58.0 Å². The molecule has 3 rings (SSSR count). The van der Waals surface area contributed by atoms with Crippen LogP contribution in [0.2, 0.25) is 0 Å². The molecule has 1 spiro atoms. The molecule has 22 heavy (non-hydrogen) atoms. The van der Waals surface area contributed by atoms with Crippen LogP contribution in [-0.2, 0) is 11.3 Å². The van der Waals surface area contributed by atoms with Gasteiger partial charge in [-0.15, -0.1) is 11.3 Å². The Kier molecular flexibility index (Phi) is 5.14. The van der Waals surface area contributed by atoms with Crippen molar-refractivity contribution in [1.82, 2.24) is 9.88 Å². The van der Waals surface area contributed by atoms with E-state index in [1.54, 1.807) is 7.11 Å². The van der Waals surface area contributed by atoms with Gasteiger partial charge in [-0.2, -0.15) is 0 Å². The smallest absolute Gasteiger partial charge is 0.273 e.